The van der Waals surface area contributed by atoms with E-state index >= 15 is 0 Å². The topological polar surface area (TPSA) is 58.8 Å². The Labute approximate surface area is 122 Å². The second-order valence-corrected chi connectivity index (χ2v) is 4.70. The number of ether oxygens (including phenoxy) is 1. The van der Waals surface area contributed by atoms with Crippen molar-refractivity contribution in [1.29, 1.82) is 5.26 Å². The summed E-state index contributed by atoms with van der Waals surface area (Å²) in [7, 11) is 0. The van der Waals surface area contributed by atoms with Crippen molar-refractivity contribution in [2.75, 3.05) is 0 Å². The van der Waals surface area contributed by atoms with E-state index in [0.29, 0.717) is 10.0 Å². The molecule has 19 heavy (non-hydrogen) atoms. The Morgan fingerprint density at radius 1 is 1.47 bits per heavy atom. The molecule has 4 nitrogen and oxygen atoms in total. The minimum atomic E-state index is -0.558. The molecule has 0 aliphatic heterocycles. The second-order valence-electron chi connectivity index (χ2n) is 3.51. The van der Waals surface area contributed by atoms with Crippen molar-refractivity contribution in [2.45, 2.75) is 6.61 Å². The Morgan fingerprint density at radius 3 is 3.00 bits per heavy atom. The highest BCUT2D eigenvalue weighted by molar-refractivity contribution is 9.10. The molecule has 96 valence electrons. The molecule has 0 fully saturated rings. The maximum Gasteiger partial charge on any atom is 0.232 e. The lowest BCUT2D eigenvalue weighted by Gasteiger charge is -2.07. The predicted molar refractivity (Wildman–Crippen MR) is 70.2 cm³/mol. The van der Waals surface area contributed by atoms with Crippen molar-refractivity contribution in [3.63, 3.8) is 0 Å². The van der Waals surface area contributed by atoms with Gasteiger partial charge in [-0.2, -0.15) is 10.2 Å². The second kappa shape index (κ2) is 5.95. The van der Waals surface area contributed by atoms with E-state index in [2.05, 4.69) is 25.9 Å². The summed E-state index contributed by atoms with van der Waals surface area (Å²) in [5.41, 5.74) is 0.625. The van der Waals surface area contributed by atoms with Crippen LogP contribution in [0.5, 0.6) is 5.88 Å². The van der Waals surface area contributed by atoms with Gasteiger partial charge in [-0.25, -0.2) is 9.37 Å². The average molecular weight is 343 g/mol. The molecule has 0 saturated heterocycles. The maximum atomic E-state index is 13.1. The fourth-order valence-electron chi connectivity index (χ4n) is 1.33. The van der Waals surface area contributed by atoms with Crippen LogP contribution in [0.4, 0.5) is 4.39 Å². The first-order valence-corrected chi connectivity index (χ1v) is 6.26. The first-order valence-electron chi connectivity index (χ1n) is 5.09. The molecule has 0 spiro atoms. The van der Waals surface area contributed by atoms with Crippen molar-refractivity contribution in [2.24, 2.45) is 0 Å². The van der Waals surface area contributed by atoms with E-state index in [4.69, 9.17) is 21.6 Å². The van der Waals surface area contributed by atoms with Gasteiger partial charge in [0.1, 0.15) is 18.5 Å². The molecular weight excluding hydrogens is 337 g/mol. The van der Waals surface area contributed by atoms with Crippen LogP contribution < -0.4 is 4.74 Å². The molecule has 0 amide bonds. The van der Waals surface area contributed by atoms with Crippen molar-refractivity contribution >= 4 is 27.5 Å². The summed E-state index contributed by atoms with van der Waals surface area (Å²) < 4.78 is 19.1. The third-order valence-electron chi connectivity index (χ3n) is 2.21. The molecule has 1 aromatic carbocycles. The Balaban J connectivity index is 2.15. The fourth-order valence-corrected chi connectivity index (χ4v) is 1.76. The Hall–Kier alpha value is -1.71. The Bertz CT molecular complexity index is 660. The first kappa shape index (κ1) is 13.7. The summed E-state index contributed by atoms with van der Waals surface area (Å²) in [6.45, 7) is 0.140. The summed E-state index contributed by atoms with van der Waals surface area (Å²) in [6, 6.07) is 5.95. The largest absolute Gasteiger partial charge is 0.472 e. The van der Waals surface area contributed by atoms with Crippen molar-refractivity contribution in [3.05, 3.63) is 51.1 Å². The number of aromatic nitrogens is 2. The Morgan fingerprint density at radius 2 is 2.26 bits per heavy atom. The smallest absolute Gasteiger partial charge is 0.232 e. The molecule has 0 aliphatic rings. The van der Waals surface area contributed by atoms with E-state index in [0.717, 1.165) is 0 Å². The van der Waals surface area contributed by atoms with Crippen LogP contribution in [0.2, 0.25) is 5.28 Å². The van der Waals surface area contributed by atoms with Crippen LogP contribution in [-0.2, 0) is 6.61 Å². The van der Waals surface area contributed by atoms with Crippen LogP contribution in [0.1, 0.15) is 11.1 Å². The summed E-state index contributed by atoms with van der Waals surface area (Å²) in [5.74, 6) is -0.277. The predicted octanol–water partition coefficient (Wildman–Crippen LogP) is 3.48. The van der Waals surface area contributed by atoms with E-state index in [1.807, 2.05) is 0 Å². The molecule has 7 heteroatoms. The molecule has 0 bridgehead atoms. The van der Waals surface area contributed by atoms with Crippen LogP contribution in [0.15, 0.2) is 28.9 Å². The summed E-state index contributed by atoms with van der Waals surface area (Å²) in [4.78, 5) is 7.66. The Kier molecular flexibility index (Phi) is 4.30. The lowest BCUT2D eigenvalue weighted by molar-refractivity contribution is 0.291. The zero-order valence-corrected chi connectivity index (χ0v) is 11.7. The van der Waals surface area contributed by atoms with Gasteiger partial charge in [0.05, 0.1) is 10.0 Å². The minimum Gasteiger partial charge on any atom is -0.472 e. The van der Waals surface area contributed by atoms with E-state index < -0.39 is 5.82 Å². The van der Waals surface area contributed by atoms with Gasteiger partial charge in [-0.1, -0.05) is 6.07 Å². The van der Waals surface area contributed by atoms with Gasteiger partial charge in [-0.05, 0) is 45.2 Å². The van der Waals surface area contributed by atoms with Crippen molar-refractivity contribution in [3.8, 4) is 11.9 Å². The van der Waals surface area contributed by atoms with Crippen LogP contribution in [0, 0.1) is 17.1 Å². The van der Waals surface area contributed by atoms with E-state index in [9.17, 15) is 4.39 Å². The number of hydrogen-bond donors (Lipinski definition) is 0. The highest BCUT2D eigenvalue weighted by atomic mass is 79.9. The zero-order valence-electron chi connectivity index (χ0n) is 9.40. The van der Waals surface area contributed by atoms with Gasteiger partial charge in [0.2, 0.25) is 11.2 Å². The third kappa shape index (κ3) is 3.40. The maximum absolute atomic E-state index is 13.1. The highest BCUT2D eigenvalue weighted by Crippen LogP contribution is 2.23. The van der Waals surface area contributed by atoms with E-state index in [1.165, 1.54) is 24.4 Å². The van der Waals surface area contributed by atoms with Gasteiger partial charge in [0.15, 0.2) is 0 Å². The fraction of sp³-hybridized carbons (Fsp3) is 0.0833. The number of rotatable bonds is 3. The van der Waals surface area contributed by atoms with Crippen molar-refractivity contribution < 1.29 is 9.13 Å². The molecule has 0 saturated carbocycles. The van der Waals surface area contributed by atoms with Gasteiger partial charge in [0, 0.05) is 6.20 Å². The number of benzene rings is 1. The highest BCUT2D eigenvalue weighted by Gasteiger charge is 2.07. The van der Waals surface area contributed by atoms with Gasteiger partial charge in [-0.3, -0.25) is 0 Å². The standard InChI is InChI=1S/C12H6BrClFN3O/c13-9-5-17-12(14)18-11(9)19-6-7-1-2-10(15)8(3-7)4-16/h1-3,5H,6H2. The van der Waals surface area contributed by atoms with Crippen molar-refractivity contribution in [1.82, 2.24) is 9.97 Å². The lowest BCUT2D eigenvalue weighted by Crippen LogP contribution is -2.00. The molecule has 0 radical (unpaired) electrons. The first-order chi connectivity index (χ1) is 9.10. The van der Waals surface area contributed by atoms with Gasteiger partial charge in [-0.15, -0.1) is 0 Å². The number of hydrogen-bond acceptors (Lipinski definition) is 4. The molecule has 0 aliphatic carbocycles. The van der Waals surface area contributed by atoms with E-state index in [1.54, 1.807) is 6.07 Å². The van der Waals surface area contributed by atoms with Crippen LogP contribution in [0.25, 0.3) is 0 Å². The molecule has 1 aromatic heterocycles. The number of nitriles is 1. The molecule has 2 rings (SSSR count). The number of halogens is 3. The molecule has 0 unspecified atom stereocenters. The number of nitrogens with zero attached hydrogens (tertiary/aromatic N) is 3. The zero-order chi connectivity index (χ0) is 13.8. The average Bonchev–Trinajstić information content (AvgIpc) is 2.41. The summed E-state index contributed by atoms with van der Waals surface area (Å²) in [5, 5.41) is 8.80. The molecular formula is C12H6BrClFN3O. The molecule has 0 atom stereocenters. The van der Waals surface area contributed by atoms with E-state index in [-0.39, 0.29) is 23.3 Å². The van der Waals surface area contributed by atoms with Crippen LogP contribution in [-0.4, -0.2) is 9.97 Å². The quantitative estimate of drug-likeness (QED) is 0.801. The normalized spacial score (nSPS) is 10.0. The van der Waals surface area contributed by atoms with Gasteiger partial charge < -0.3 is 4.74 Å². The summed E-state index contributed by atoms with van der Waals surface area (Å²) >= 11 is 8.87. The van der Waals surface area contributed by atoms with Crippen LogP contribution in [0.3, 0.4) is 0 Å². The minimum absolute atomic E-state index is 0.0270. The lowest BCUT2D eigenvalue weighted by atomic mass is 10.1. The SMILES string of the molecule is N#Cc1cc(COc2nc(Cl)ncc2Br)ccc1F. The third-order valence-corrected chi connectivity index (χ3v) is 2.94. The molecule has 1 heterocycles. The van der Waals surface area contributed by atoms with Gasteiger partial charge >= 0.3 is 0 Å². The molecule has 0 N–H and O–H groups in total. The monoisotopic (exact) mass is 341 g/mol. The van der Waals surface area contributed by atoms with Gasteiger partial charge in [0.25, 0.3) is 0 Å². The van der Waals surface area contributed by atoms with Crippen LogP contribution >= 0.6 is 27.5 Å². The summed E-state index contributed by atoms with van der Waals surface area (Å²) in [6.07, 6.45) is 1.47. The molecule has 2 aromatic rings.